The van der Waals surface area contributed by atoms with Crippen molar-refractivity contribution in [2.75, 3.05) is 0 Å². The van der Waals surface area contributed by atoms with Crippen LogP contribution >= 0.6 is 11.3 Å². The summed E-state index contributed by atoms with van der Waals surface area (Å²) < 4.78 is 2.65. The van der Waals surface area contributed by atoms with E-state index in [-0.39, 0.29) is 11.7 Å². The van der Waals surface area contributed by atoms with Crippen molar-refractivity contribution in [2.24, 2.45) is 0 Å². The van der Waals surface area contributed by atoms with Crippen LogP contribution in [0.2, 0.25) is 0 Å². The Kier molecular flexibility index (Phi) is 4.18. The van der Waals surface area contributed by atoms with Crippen molar-refractivity contribution in [3.05, 3.63) is 78.4 Å². The molecule has 142 valence electrons. The fraction of sp³-hybridized carbons (Fsp3) is 0.0476. The van der Waals surface area contributed by atoms with E-state index in [9.17, 15) is 9.90 Å². The Hall–Kier alpha value is -3.78. The second kappa shape index (κ2) is 6.99. The summed E-state index contributed by atoms with van der Waals surface area (Å²) in [5, 5.41) is 13.4. The number of carbonyl (C=O) groups is 1. The van der Waals surface area contributed by atoms with Gasteiger partial charge in [0.2, 0.25) is 5.78 Å². The maximum atomic E-state index is 12.4. The van der Waals surface area contributed by atoms with Gasteiger partial charge in [0.1, 0.15) is 10.8 Å². The number of aromatic hydroxyl groups is 1. The van der Waals surface area contributed by atoms with Crippen LogP contribution in [0.3, 0.4) is 0 Å². The molecule has 0 saturated carbocycles. The third-order valence-corrected chi connectivity index (χ3v) is 5.60. The number of amides is 1. The molecule has 5 aromatic rings. The van der Waals surface area contributed by atoms with Crippen LogP contribution in [0.5, 0.6) is 5.75 Å². The van der Waals surface area contributed by atoms with Crippen LogP contribution in [0.15, 0.2) is 67.3 Å². The molecule has 29 heavy (non-hydrogen) atoms. The van der Waals surface area contributed by atoms with Crippen LogP contribution in [0.4, 0.5) is 0 Å². The highest BCUT2D eigenvalue weighted by molar-refractivity contribution is 7.21. The molecule has 7 nitrogen and oxygen atoms in total. The third kappa shape index (κ3) is 3.41. The van der Waals surface area contributed by atoms with Gasteiger partial charge in [0.15, 0.2) is 0 Å². The molecule has 2 aromatic carbocycles. The van der Waals surface area contributed by atoms with Gasteiger partial charge in [-0.2, -0.15) is 0 Å². The standard InChI is InChI=1S/C21H15N5O2S/c27-16-5-6-17-18(9-16)29-20(25-17)14-3-1-13(2-4-14)10-23-19(28)15-11-24-21-22-7-8-26(21)12-15/h1-9,11-12,27H,10H2,(H,23,28). The molecule has 8 heteroatoms. The SMILES string of the molecule is O=C(NCc1ccc(-c2nc3ccc(O)cc3s2)cc1)c1cnc2nccn2c1. The zero-order chi connectivity index (χ0) is 19.8. The van der Waals surface area contributed by atoms with Crippen LogP contribution in [-0.4, -0.2) is 30.4 Å². The molecule has 0 aliphatic rings. The zero-order valence-corrected chi connectivity index (χ0v) is 15.9. The van der Waals surface area contributed by atoms with E-state index in [0.717, 1.165) is 26.4 Å². The van der Waals surface area contributed by atoms with E-state index in [4.69, 9.17) is 0 Å². The van der Waals surface area contributed by atoms with Crippen molar-refractivity contribution in [3.63, 3.8) is 0 Å². The Morgan fingerprint density at radius 2 is 2.00 bits per heavy atom. The van der Waals surface area contributed by atoms with Crippen LogP contribution in [0, 0.1) is 0 Å². The zero-order valence-electron chi connectivity index (χ0n) is 15.1. The van der Waals surface area contributed by atoms with Crippen molar-refractivity contribution < 1.29 is 9.90 Å². The predicted octanol–water partition coefficient (Wildman–Crippen LogP) is 3.64. The molecule has 0 aliphatic heterocycles. The molecule has 2 N–H and O–H groups in total. The smallest absolute Gasteiger partial charge is 0.254 e. The number of phenolic OH excluding ortho intramolecular Hbond substituents is 1. The Balaban J connectivity index is 1.29. The number of fused-ring (bicyclic) bond motifs is 2. The van der Waals surface area contributed by atoms with E-state index in [1.807, 2.05) is 30.3 Å². The van der Waals surface area contributed by atoms with E-state index in [1.165, 1.54) is 17.5 Å². The topological polar surface area (TPSA) is 92.4 Å². The Morgan fingerprint density at radius 3 is 2.86 bits per heavy atom. The summed E-state index contributed by atoms with van der Waals surface area (Å²) in [4.78, 5) is 25.2. The highest BCUT2D eigenvalue weighted by Crippen LogP contribution is 2.32. The van der Waals surface area contributed by atoms with Crippen molar-refractivity contribution in [1.82, 2.24) is 24.7 Å². The predicted molar refractivity (Wildman–Crippen MR) is 111 cm³/mol. The highest BCUT2D eigenvalue weighted by Gasteiger charge is 2.09. The monoisotopic (exact) mass is 401 g/mol. The number of rotatable bonds is 4. The summed E-state index contributed by atoms with van der Waals surface area (Å²) in [5.41, 5.74) is 3.32. The molecular weight excluding hydrogens is 386 g/mol. The second-order valence-electron chi connectivity index (χ2n) is 6.53. The van der Waals surface area contributed by atoms with Gasteiger partial charge in [-0.15, -0.1) is 11.3 Å². The summed E-state index contributed by atoms with van der Waals surface area (Å²) >= 11 is 1.53. The third-order valence-electron chi connectivity index (χ3n) is 4.53. The van der Waals surface area contributed by atoms with E-state index in [2.05, 4.69) is 20.3 Å². The Morgan fingerprint density at radius 1 is 1.14 bits per heavy atom. The molecule has 0 spiro atoms. The number of nitrogens with one attached hydrogen (secondary N) is 1. The molecule has 0 aliphatic carbocycles. The summed E-state index contributed by atoms with van der Waals surface area (Å²) in [5.74, 6) is 0.603. The fourth-order valence-electron chi connectivity index (χ4n) is 3.02. The lowest BCUT2D eigenvalue weighted by atomic mass is 10.1. The molecule has 3 aromatic heterocycles. The maximum absolute atomic E-state index is 12.4. The molecule has 0 radical (unpaired) electrons. The largest absolute Gasteiger partial charge is 0.508 e. The maximum Gasteiger partial charge on any atom is 0.254 e. The first-order valence-electron chi connectivity index (χ1n) is 8.91. The van der Waals surface area contributed by atoms with Crippen LogP contribution in [-0.2, 0) is 6.54 Å². The normalized spacial score (nSPS) is 11.2. The van der Waals surface area contributed by atoms with Gasteiger partial charge in [0.25, 0.3) is 5.91 Å². The van der Waals surface area contributed by atoms with Gasteiger partial charge in [-0.25, -0.2) is 15.0 Å². The molecule has 1 amide bonds. The molecule has 0 fully saturated rings. The highest BCUT2D eigenvalue weighted by atomic mass is 32.1. The molecular formula is C21H15N5O2S. The number of hydrogen-bond donors (Lipinski definition) is 2. The number of hydrogen-bond acceptors (Lipinski definition) is 6. The van der Waals surface area contributed by atoms with E-state index in [0.29, 0.717) is 17.9 Å². The molecule has 0 saturated heterocycles. The first-order chi connectivity index (χ1) is 14.2. The number of carbonyl (C=O) groups excluding carboxylic acids is 1. The number of aromatic nitrogens is 4. The van der Waals surface area contributed by atoms with Crippen molar-refractivity contribution in [1.29, 1.82) is 0 Å². The minimum atomic E-state index is -0.192. The summed E-state index contributed by atoms with van der Waals surface area (Å²) in [6.45, 7) is 0.412. The van der Waals surface area contributed by atoms with Gasteiger partial charge in [0, 0.05) is 36.9 Å². The van der Waals surface area contributed by atoms with Crippen LogP contribution < -0.4 is 5.32 Å². The van der Waals surface area contributed by atoms with Gasteiger partial charge >= 0.3 is 0 Å². The lowest BCUT2D eigenvalue weighted by Crippen LogP contribution is -2.23. The van der Waals surface area contributed by atoms with Gasteiger partial charge < -0.3 is 10.4 Å². The molecule has 0 atom stereocenters. The van der Waals surface area contributed by atoms with E-state index < -0.39 is 0 Å². The van der Waals surface area contributed by atoms with Crippen molar-refractivity contribution >= 4 is 33.2 Å². The van der Waals surface area contributed by atoms with Gasteiger partial charge in [-0.05, 0) is 23.8 Å². The lowest BCUT2D eigenvalue weighted by molar-refractivity contribution is 0.0950. The minimum Gasteiger partial charge on any atom is -0.508 e. The van der Waals surface area contributed by atoms with Crippen molar-refractivity contribution in [3.8, 4) is 16.3 Å². The average molecular weight is 401 g/mol. The van der Waals surface area contributed by atoms with E-state index >= 15 is 0 Å². The lowest BCUT2D eigenvalue weighted by Gasteiger charge is -2.06. The first kappa shape index (κ1) is 17.3. The summed E-state index contributed by atoms with van der Waals surface area (Å²) in [6.07, 6.45) is 6.62. The molecule has 0 bridgehead atoms. The Bertz CT molecular complexity index is 1340. The molecule has 0 unspecified atom stereocenters. The number of thiazole rings is 1. The fourth-order valence-corrected chi connectivity index (χ4v) is 4.02. The number of phenols is 1. The number of nitrogens with zero attached hydrogens (tertiary/aromatic N) is 4. The van der Waals surface area contributed by atoms with Crippen LogP contribution in [0.25, 0.3) is 26.6 Å². The number of benzene rings is 2. The van der Waals surface area contributed by atoms with Gasteiger partial charge in [-0.3, -0.25) is 9.20 Å². The second-order valence-corrected chi connectivity index (χ2v) is 7.56. The van der Waals surface area contributed by atoms with Crippen LogP contribution in [0.1, 0.15) is 15.9 Å². The molecule has 5 rings (SSSR count). The van der Waals surface area contributed by atoms with E-state index in [1.54, 1.807) is 35.1 Å². The quantitative estimate of drug-likeness (QED) is 0.480. The average Bonchev–Trinajstić information content (AvgIpc) is 3.38. The minimum absolute atomic E-state index is 0.192. The first-order valence-corrected chi connectivity index (χ1v) is 9.73. The Labute approximate surface area is 169 Å². The molecule has 3 heterocycles. The van der Waals surface area contributed by atoms with Gasteiger partial charge in [0.05, 0.1) is 15.8 Å². The van der Waals surface area contributed by atoms with Crippen molar-refractivity contribution in [2.45, 2.75) is 6.54 Å². The number of imidazole rings is 1. The van der Waals surface area contributed by atoms with Gasteiger partial charge in [-0.1, -0.05) is 24.3 Å². The summed E-state index contributed by atoms with van der Waals surface area (Å²) in [6, 6.07) is 13.1. The summed E-state index contributed by atoms with van der Waals surface area (Å²) in [7, 11) is 0.